The lowest BCUT2D eigenvalue weighted by atomic mass is 9.78. The van der Waals surface area contributed by atoms with Crippen LogP contribution in [0.15, 0.2) is 48.5 Å². The average molecular weight is 281 g/mol. The molecule has 0 unspecified atom stereocenters. The second kappa shape index (κ2) is 4.92. The van der Waals surface area contributed by atoms with Crippen LogP contribution < -0.4 is 9.64 Å². The molecule has 3 heteroatoms. The number of anilines is 1. The molecular formula is C18H19NO2. The molecule has 0 fully saturated rings. The molecule has 3 nitrogen and oxygen atoms in total. The fourth-order valence-corrected chi connectivity index (χ4v) is 3.23. The number of likely N-dealkylation sites (N-methyl/N-ethyl adjacent to an activating group) is 1. The van der Waals surface area contributed by atoms with Gasteiger partial charge < -0.3 is 9.64 Å². The molecule has 1 amide bonds. The quantitative estimate of drug-likeness (QED) is 0.865. The maximum Gasteiger partial charge on any atom is 0.237 e. The van der Waals surface area contributed by atoms with Crippen molar-refractivity contribution < 1.29 is 9.53 Å². The summed E-state index contributed by atoms with van der Waals surface area (Å²) in [5.41, 5.74) is 2.60. The molecule has 0 N–H and O–H groups in total. The van der Waals surface area contributed by atoms with E-state index in [1.54, 1.807) is 12.0 Å². The summed E-state index contributed by atoms with van der Waals surface area (Å²) in [6.45, 7) is 2.02. The Bertz CT molecular complexity index is 695. The van der Waals surface area contributed by atoms with Crippen LogP contribution in [0.1, 0.15) is 18.1 Å². The van der Waals surface area contributed by atoms with Crippen molar-refractivity contribution in [2.24, 2.45) is 0 Å². The lowest BCUT2D eigenvalue weighted by molar-refractivity contribution is -0.122. The third kappa shape index (κ3) is 2.00. The van der Waals surface area contributed by atoms with Gasteiger partial charge in [-0.25, -0.2) is 0 Å². The fraction of sp³-hybridized carbons (Fsp3) is 0.278. The smallest absolute Gasteiger partial charge is 0.237 e. The van der Waals surface area contributed by atoms with Crippen LogP contribution in [0.4, 0.5) is 5.69 Å². The number of hydrogen-bond acceptors (Lipinski definition) is 2. The molecule has 108 valence electrons. The Labute approximate surface area is 125 Å². The summed E-state index contributed by atoms with van der Waals surface area (Å²) in [7, 11) is 3.51. The van der Waals surface area contributed by atoms with E-state index in [2.05, 4.69) is 0 Å². The molecule has 0 aromatic heterocycles. The number of ether oxygens (including phenoxy) is 1. The summed E-state index contributed by atoms with van der Waals surface area (Å²) in [6, 6.07) is 15.9. The fourth-order valence-electron chi connectivity index (χ4n) is 3.23. The van der Waals surface area contributed by atoms with E-state index in [1.807, 2.05) is 62.5 Å². The van der Waals surface area contributed by atoms with E-state index in [1.165, 1.54) is 0 Å². The number of amides is 1. The molecule has 1 heterocycles. The largest absolute Gasteiger partial charge is 0.496 e. The first-order valence-electron chi connectivity index (χ1n) is 7.07. The SMILES string of the molecule is COc1ccccc1C[C@]1(C)C(=O)N(C)c2ccccc21. The number of carbonyl (C=O) groups excluding carboxylic acids is 1. The van der Waals surface area contributed by atoms with Crippen molar-refractivity contribution >= 4 is 11.6 Å². The van der Waals surface area contributed by atoms with E-state index in [4.69, 9.17) is 4.74 Å². The second-order valence-electron chi connectivity index (χ2n) is 5.70. The van der Waals surface area contributed by atoms with Gasteiger partial charge in [0.25, 0.3) is 0 Å². The van der Waals surface area contributed by atoms with E-state index in [-0.39, 0.29) is 5.91 Å². The Morgan fingerprint density at radius 2 is 1.76 bits per heavy atom. The highest BCUT2D eigenvalue weighted by molar-refractivity contribution is 6.07. The van der Waals surface area contributed by atoms with E-state index in [0.29, 0.717) is 6.42 Å². The summed E-state index contributed by atoms with van der Waals surface area (Å²) < 4.78 is 5.43. The lowest BCUT2D eigenvalue weighted by Gasteiger charge is -2.24. The maximum atomic E-state index is 12.8. The van der Waals surface area contributed by atoms with Crippen molar-refractivity contribution in [3.63, 3.8) is 0 Å². The number of methoxy groups -OCH3 is 1. The molecule has 0 spiro atoms. The number of carbonyl (C=O) groups is 1. The maximum absolute atomic E-state index is 12.8. The van der Waals surface area contributed by atoms with Gasteiger partial charge in [0.2, 0.25) is 5.91 Å². The summed E-state index contributed by atoms with van der Waals surface area (Å²) in [5, 5.41) is 0. The Morgan fingerprint density at radius 3 is 2.52 bits per heavy atom. The lowest BCUT2D eigenvalue weighted by Crippen LogP contribution is -2.37. The summed E-state index contributed by atoms with van der Waals surface area (Å²) in [4.78, 5) is 14.5. The van der Waals surface area contributed by atoms with Gasteiger partial charge in [0, 0.05) is 12.7 Å². The molecule has 0 radical (unpaired) electrons. The van der Waals surface area contributed by atoms with Crippen LogP contribution in [0.2, 0.25) is 0 Å². The zero-order valence-corrected chi connectivity index (χ0v) is 12.6. The van der Waals surface area contributed by atoms with Gasteiger partial charge in [-0.2, -0.15) is 0 Å². The van der Waals surface area contributed by atoms with Gasteiger partial charge in [0.05, 0.1) is 12.5 Å². The van der Waals surface area contributed by atoms with Gasteiger partial charge in [-0.05, 0) is 36.6 Å². The number of benzene rings is 2. The van der Waals surface area contributed by atoms with Crippen LogP contribution >= 0.6 is 0 Å². The van der Waals surface area contributed by atoms with Crippen LogP contribution in [0.5, 0.6) is 5.75 Å². The highest BCUT2D eigenvalue weighted by Gasteiger charge is 2.46. The van der Waals surface area contributed by atoms with Gasteiger partial charge in [0.1, 0.15) is 5.75 Å². The van der Waals surface area contributed by atoms with Crippen LogP contribution in [0, 0.1) is 0 Å². The predicted molar refractivity (Wildman–Crippen MR) is 83.9 cm³/mol. The van der Waals surface area contributed by atoms with E-state index in [0.717, 1.165) is 22.6 Å². The van der Waals surface area contributed by atoms with Crippen LogP contribution in [-0.2, 0) is 16.6 Å². The molecule has 1 aliphatic rings. The monoisotopic (exact) mass is 281 g/mol. The standard InChI is InChI=1S/C18H19NO2/c1-18(12-13-8-4-7-11-16(13)21-3)14-9-5-6-10-15(14)19(2)17(18)20/h4-11H,12H2,1-3H3/t18-/m0/s1. The molecule has 0 saturated carbocycles. The Balaban J connectivity index is 2.07. The van der Waals surface area contributed by atoms with E-state index < -0.39 is 5.41 Å². The number of para-hydroxylation sites is 2. The number of fused-ring (bicyclic) bond motifs is 1. The van der Waals surface area contributed by atoms with Crippen molar-refractivity contribution in [2.75, 3.05) is 19.1 Å². The third-order valence-electron chi connectivity index (χ3n) is 4.37. The van der Waals surface area contributed by atoms with Crippen LogP contribution in [0.25, 0.3) is 0 Å². The molecule has 1 aliphatic heterocycles. The average Bonchev–Trinajstić information content (AvgIpc) is 2.71. The molecule has 0 saturated heterocycles. The van der Waals surface area contributed by atoms with Crippen molar-refractivity contribution in [2.45, 2.75) is 18.8 Å². The van der Waals surface area contributed by atoms with Crippen molar-refractivity contribution in [1.82, 2.24) is 0 Å². The molecular weight excluding hydrogens is 262 g/mol. The molecule has 2 aromatic carbocycles. The Morgan fingerprint density at radius 1 is 1.10 bits per heavy atom. The Kier molecular flexibility index (Phi) is 3.20. The van der Waals surface area contributed by atoms with Gasteiger partial charge in [0.15, 0.2) is 0 Å². The molecule has 3 rings (SSSR count). The Hall–Kier alpha value is -2.29. The zero-order valence-electron chi connectivity index (χ0n) is 12.6. The van der Waals surface area contributed by atoms with Crippen LogP contribution in [0.3, 0.4) is 0 Å². The third-order valence-corrected chi connectivity index (χ3v) is 4.37. The molecule has 0 bridgehead atoms. The molecule has 21 heavy (non-hydrogen) atoms. The number of nitrogens with zero attached hydrogens (tertiary/aromatic N) is 1. The normalized spacial score (nSPS) is 20.5. The van der Waals surface area contributed by atoms with E-state index >= 15 is 0 Å². The molecule has 1 atom stereocenters. The van der Waals surface area contributed by atoms with Gasteiger partial charge in [-0.1, -0.05) is 36.4 Å². The van der Waals surface area contributed by atoms with Crippen molar-refractivity contribution in [3.05, 3.63) is 59.7 Å². The van der Waals surface area contributed by atoms with Crippen molar-refractivity contribution in [1.29, 1.82) is 0 Å². The predicted octanol–water partition coefficient (Wildman–Crippen LogP) is 3.17. The van der Waals surface area contributed by atoms with Gasteiger partial charge in [-0.15, -0.1) is 0 Å². The summed E-state index contributed by atoms with van der Waals surface area (Å²) in [6.07, 6.45) is 0.636. The minimum absolute atomic E-state index is 0.134. The van der Waals surface area contributed by atoms with Crippen molar-refractivity contribution in [3.8, 4) is 5.75 Å². The summed E-state index contributed by atoms with van der Waals surface area (Å²) >= 11 is 0. The molecule has 2 aromatic rings. The van der Waals surface area contributed by atoms with Gasteiger partial charge in [-0.3, -0.25) is 4.79 Å². The second-order valence-corrected chi connectivity index (χ2v) is 5.70. The van der Waals surface area contributed by atoms with Crippen LogP contribution in [-0.4, -0.2) is 20.1 Å². The number of rotatable bonds is 3. The number of hydrogen-bond donors (Lipinski definition) is 0. The highest BCUT2D eigenvalue weighted by atomic mass is 16.5. The van der Waals surface area contributed by atoms with E-state index in [9.17, 15) is 4.79 Å². The first-order chi connectivity index (χ1) is 10.1. The minimum Gasteiger partial charge on any atom is -0.496 e. The first kappa shape index (κ1) is 13.7. The molecule has 0 aliphatic carbocycles. The zero-order chi connectivity index (χ0) is 15.0. The van der Waals surface area contributed by atoms with Gasteiger partial charge >= 0.3 is 0 Å². The summed E-state index contributed by atoms with van der Waals surface area (Å²) in [5.74, 6) is 0.966. The first-order valence-corrected chi connectivity index (χ1v) is 7.07. The minimum atomic E-state index is -0.542. The topological polar surface area (TPSA) is 29.5 Å². The highest BCUT2D eigenvalue weighted by Crippen LogP contribution is 2.43.